The van der Waals surface area contributed by atoms with Crippen molar-refractivity contribution < 1.29 is 0 Å². The third kappa shape index (κ3) is 2.03. The van der Waals surface area contributed by atoms with Crippen molar-refractivity contribution in [2.45, 2.75) is 50.9 Å². The highest BCUT2D eigenvalue weighted by molar-refractivity contribution is 7.16. The molecule has 2 aromatic heterocycles. The lowest BCUT2D eigenvalue weighted by molar-refractivity contribution is 0.623. The van der Waals surface area contributed by atoms with Gasteiger partial charge in [0, 0.05) is 11.8 Å². The van der Waals surface area contributed by atoms with Crippen molar-refractivity contribution in [1.29, 1.82) is 0 Å². The maximum atomic E-state index is 5.61. The quantitative estimate of drug-likeness (QED) is 0.921. The third-order valence-corrected chi connectivity index (χ3v) is 4.90. The summed E-state index contributed by atoms with van der Waals surface area (Å²) in [6.45, 7) is 2.88. The average Bonchev–Trinajstić information content (AvgIpc) is 3.04. The van der Waals surface area contributed by atoms with Gasteiger partial charge in [-0.3, -0.25) is 0 Å². The summed E-state index contributed by atoms with van der Waals surface area (Å²) in [7, 11) is 0. The Kier molecular flexibility index (Phi) is 3.30. The van der Waals surface area contributed by atoms with Crippen LogP contribution in [0, 0.1) is 0 Å². The molecule has 0 radical (unpaired) electrons. The van der Waals surface area contributed by atoms with Crippen LogP contribution in [0.1, 0.15) is 61.7 Å². The fourth-order valence-electron chi connectivity index (χ4n) is 2.66. The second kappa shape index (κ2) is 4.93. The lowest BCUT2D eigenvalue weighted by atomic mass is 10.1. The fraction of sp³-hybridized carbons (Fsp3) is 0.750. The van der Waals surface area contributed by atoms with Gasteiger partial charge in [0.25, 0.3) is 0 Å². The summed E-state index contributed by atoms with van der Waals surface area (Å²) >= 11 is 1.65. The van der Waals surface area contributed by atoms with Gasteiger partial charge < -0.3 is 5.73 Å². The SMILES string of the molecule is CC(CCN)c1nn2c(C3CCCC3)nnc2s1. The molecular weight excluding hydrogens is 246 g/mol. The standard InChI is InChI=1S/C12H19N5S/c1-8(6-7-13)11-16-17-10(9-4-2-3-5-9)14-15-12(17)18-11/h8-9H,2-7,13H2,1H3. The van der Waals surface area contributed by atoms with Gasteiger partial charge in [-0.2, -0.15) is 9.61 Å². The van der Waals surface area contributed by atoms with Crippen molar-refractivity contribution in [3.63, 3.8) is 0 Å². The smallest absolute Gasteiger partial charge is 0.234 e. The molecule has 2 aromatic rings. The Morgan fingerprint density at radius 1 is 1.39 bits per heavy atom. The molecule has 0 spiro atoms. The van der Waals surface area contributed by atoms with Crippen LogP contribution < -0.4 is 5.73 Å². The van der Waals surface area contributed by atoms with Crippen molar-refractivity contribution >= 4 is 16.3 Å². The van der Waals surface area contributed by atoms with E-state index < -0.39 is 0 Å². The Morgan fingerprint density at radius 2 is 2.17 bits per heavy atom. The largest absolute Gasteiger partial charge is 0.330 e. The highest BCUT2D eigenvalue weighted by atomic mass is 32.1. The van der Waals surface area contributed by atoms with Crippen LogP contribution >= 0.6 is 11.3 Å². The van der Waals surface area contributed by atoms with Crippen molar-refractivity contribution in [2.75, 3.05) is 6.54 Å². The first-order chi connectivity index (χ1) is 8.79. The number of hydrogen-bond donors (Lipinski definition) is 1. The van der Waals surface area contributed by atoms with E-state index in [4.69, 9.17) is 10.8 Å². The Hall–Kier alpha value is -1.01. The van der Waals surface area contributed by atoms with Gasteiger partial charge in [-0.05, 0) is 25.8 Å². The van der Waals surface area contributed by atoms with E-state index in [1.54, 1.807) is 11.3 Å². The molecule has 0 amide bonds. The maximum Gasteiger partial charge on any atom is 0.234 e. The first kappa shape index (κ1) is 12.0. The van der Waals surface area contributed by atoms with Gasteiger partial charge in [0.1, 0.15) is 5.01 Å². The monoisotopic (exact) mass is 265 g/mol. The van der Waals surface area contributed by atoms with Crippen molar-refractivity contribution in [3.8, 4) is 0 Å². The van der Waals surface area contributed by atoms with Crippen LogP contribution in [0.15, 0.2) is 0 Å². The number of rotatable bonds is 4. The molecule has 1 aliphatic rings. The van der Waals surface area contributed by atoms with E-state index in [1.165, 1.54) is 25.7 Å². The zero-order valence-electron chi connectivity index (χ0n) is 10.7. The molecule has 1 unspecified atom stereocenters. The predicted octanol–water partition coefficient (Wildman–Crippen LogP) is 2.30. The van der Waals surface area contributed by atoms with Gasteiger partial charge >= 0.3 is 0 Å². The topological polar surface area (TPSA) is 69.1 Å². The van der Waals surface area contributed by atoms with E-state index in [2.05, 4.69) is 17.1 Å². The second-order valence-electron chi connectivity index (χ2n) is 5.15. The van der Waals surface area contributed by atoms with Gasteiger partial charge in [0.05, 0.1) is 0 Å². The molecule has 3 rings (SSSR count). The minimum absolute atomic E-state index is 0.415. The summed E-state index contributed by atoms with van der Waals surface area (Å²) in [6, 6.07) is 0. The molecule has 6 heteroatoms. The van der Waals surface area contributed by atoms with E-state index in [-0.39, 0.29) is 0 Å². The van der Waals surface area contributed by atoms with Gasteiger partial charge in [0.15, 0.2) is 5.82 Å². The Labute approximate surface area is 110 Å². The molecule has 5 nitrogen and oxygen atoms in total. The molecular formula is C12H19N5S. The van der Waals surface area contributed by atoms with Gasteiger partial charge in [-0.25, -0.2) is 0 Å². The lowest BCUT2D eigenvalue weighted by Crippen LogP contribution is -2.06. The minimum Gasteiger partial charge on any atom is -0.330 e. The van der Waals surface area contributed by atoms with E-state index >= 15 is 0 Å². The summed E-state index contributed by atoms with van der Waals surface area (Å²) in [5, 5.41) is 14.4. The fourth-order valence-corrected chi connectivity index (χ4v) is 3.59. The van der Waals surface area contributed by atoms with Crippen molar-refractivity contribution in [2.24, 2.45) is 5.73 Å². The van der Waals surface area contributed by atoms with Gasteiger partial charge in [-0.15, -0.1) is 10.2 Å². The summed E-state index contributed by atoms with van der Waals surface area (Å²) in [5.74, 6) is 2.03. The van der Waals surface area contributed by atoms with E-state index in [1.807, 2.05) is 4.52 Å². The minimum atomic E-state index is 0.415. The highest BCUT2D eigenvalue weighted by Gasteiger charge is 2.24. The maximum absolute atomic E-state index is 5.61. The normalized spacial score (nSPS) is 18.8. The predicted molar refractivity (Wildman–Crippen MR) is 72.0 cm³/mol. The number of nitrogens with two attached hydrogens (primary N) is 1. The number of hydrogen-bond acceptors (Lipinski definition) is 5. The third-order valence-electron chi connectivity index (χ3n) is 3.77. The number of fused-ring (bicyclic) bond motifs is 1. The van der Waals surface area contributed by atoms with Crippen LogP contribution in [0.2, 0.25) is 0 Å². The number of nitrogens with zero attached hydrogens (tertiary/aromatic N) is 4. The lowest BCUT2D eigenvalue weighted by Gasteiger charge is -2.05. The average molecular weight is 265 g/mol. The molecule has 2 N–H and O–H groups in total. The van der Waals surface area contributed by atoms with Crippen LogP contribution in [0.5, 0.6) is 0 Å². The van der Waals surface area contributed by atoms with Crippen LogP contribution in [-0.4, -0.2) is 26.4 Å². The molecule has 1 atom stereocenters. The van der Waals surface area contributed by atoms with Crippen molar-refractivity contribution in [3.05, 3.63) is 10.8 Å². The summed E-state index contributed by atoms with van der Waals surface area (Å²) in [4.78, 5) is 0.927. The van der Waals surface area contributed by atoms with Gasteiger partial charge in [-0.1, -0.05) is 31.1 Å². The molecule has 1 aliphatic carbocycles. The molecule has 0 aliphatic heterocycles. The van der Waals surface area contributed by atoms with E-state index in [0.29, 0.717) is 18.4 Å². The van der Waals surface area contributed by atoms with Crippen LogP contribution in [0.4, 0.5) is 0 Å². The molecule has 0 saturated heterocycles. The molecule has 18 heavy (non-hydrogen) atoms. The summed E-state index contributed by atoms with van der Waals surface area (Å²) < 4.78 is 1.96. The zero-order chi connectivity index (χ0) is 12.5. The van der Waals surface area contributed by atoms with Crippen LogP contribution in [0.3, 0.4) is 0 Å². The molecule has 1 saturated carbocycles. The Balaban J connectivity index is 1.92. The number of aromatic nitrogens is 4. The van der Waals surface area contributed by atoms with E-state index in [0.717, 1.165) is 22.2 Å². The molecule has 0 aromatic carbocycles. The van der Waals surface area contributed by atoms with Crippen molar-refractivity contribution in [1.82, 2.24) is 19.8 Å². The summed E-state index contributed by atoms with van der Waals surface area (Å²) in [6.07, 6.45) is 6.04. The Morgan fingerprint density at radius 3 is 2.89 bits per heavy atom. The van der Waals surface area contributed by atoms with Crippen LogP contribution in [0.25, 0.3) is 4.96 Å². The second-order valence-corrected chi connectivity index (χ2v) is 6.14. The molecule has 2 heterocycles. The molecule has 0 bridgehead atoms. The molecule has 1 fully saturated rings. The van der Waals surface area contributed by atoms with Gasteiger partial charge in [0.2, 0.25) is 4.96 Å². The highest BCUT2D eigenvalue weighted by Crippen LogP contribution is 2.34. The zero-order valence-corrected chi connectivity index (χ0v) is 11.5. The van der Waals surface area contributed by atoms with Crippen LogP contribution in [-0.2, 0) is 0 Å². The molecule has 98 valence electrons. The van der Waals surface area contributed by atoms with E-state index in [9.17, 15) is 0 Å². The summed E-state index contributed by atoms with van der Waals surface area (Å²) in [5.41, 5.74) is 5.61. The Bertz CT molecular complexity index is 526. The first-order valence-electron chi connectivity index (χ1n) is 6.71. The first-order valence-corrected chi connectivity index (χ1v) is 7.53.